The molecule has 0 fully saturated rings. The van der Waals surface area contributed by atoms with Crippen molar-refractivity contribution < 1.29 is 14.6 Å². The van der Waals surface area contributed by atoms with E-state index in [9.17, 15) is 0 Å². The van der Waals surface area contributed by atoms with Gasteiger partial charge in [0.2, 0.25) is 0 Å². The van der Waals surface area contributed by atoms with E-state index in [1.165, 1.54) is 11.1 Å². The van der Waals surface area contributed by atoms with Crippen LogP contribution in [0.3, 0.4) is 0 Å². The van der Waals surface area contributed by atoms with Crippen LogP contribution in [-0.4, -0.2) is 17.7 Å². The lowest BCUT2D eigenvalue weighted by Crippen LogP contribution is -1.86. The topological polar surface area (TPSA) is 46.5 Å². The van der Waals surface area contributed by atoms with E-state index >= 15 is 0 Å². The van der Waals surface area contributed by atoms with Gasteiger partial charge in [-0.25, -0.2) is 0 Å². The normalized spacial score (nSPS) is 12.1. The van der Waals surface area contributed by atoms with Crippen molar-refractivity contribution in [1.29, 1.82) is 0 Å². The van der Waals surface area contributed by atoms with Crippen LogP contribution >= 0.6 is 0 Å². The molecule has 0 amide bonds. The molecule has 0 saturated carbocycles. The van der Waals surface area contributed by atoms with Crippen molar-refractivity contribution in [3.63, 3.8) is 0 Å². The minimum Gasteiger partial charge on any atom is -0.493 e. The lowest BCUT2D eigenvalue weighted by molar-refractivity contribution is -0.134. The van der Waals surface area contributed by atoms with Crippen LogP contribution in [0, 0.1) is 6.92 Å². The summed E-state index contributed by atoms with van der Waals surface area (Å²) in [6.07, 6.45) is 1.08. The number of carboxylic acids is 1. The first kappa shape index (κ1) is 10.6. The van der Waals surface area contributed by atoms with Crippen molar-refractivity contribution in [3.8, 4) is 5.75 Å². The molecular formula is C11H14O3. The van der Waals surface area contributed by atoms with E-state index in [2.05, 4.69) is 25.1 Å². The predicted molar refractivity (Wildman–Crippen MR) is 53.7 cm³/mol. The van der Waals surface area contributed by atoms with E-state index < -0.39 is 5.97 Å². The first-order valence-electron chi connectivity index (χ1n) is 4.51. The molecule has 0 bridgehead atoms. The maximum Gasteiger partial charge on any atom is 0.300 e. The van der Waals surface area contributed by atoms with Crippen LogP contribution in [0.15, 0.2) is 18.2 Å². The van der Waals surface area contributed by atoms with Gasteiger partial charge in [-0.15, -0.1) is 0 Å². The van der Waals surface area contributed by atoms with Crippen molar-refractivity contribution in [2.24, 2.45) is 0 Å². The first-order valence-corrected chi connectivity index (χ1v) is 4.51. The molecule has 0 spiro atoms. The van der Waals surface area contributed by atoms with Crippen molar-refractivity contribution in [3.05, 3.63) is 29.3 Å². The highest BCUT2D eigenvalue weighted by atomic mass is 16.5. The van der Waals surface area contributed by atoms with Crippen LogP contribution in [0.5, 0.6) is 5.75 Å². The summed E-state index contributed by atoms with van der Waals surface area (Å²) in [6.45, 7) is 4.03. The third-order valence-corrected chi connectivity index (χ3v) is 1.85. The van der Waals surface area contributed by atoms with Gasteiger partial charge in [0.1, 0.15) is 5.75 Å². The number of hydrogen-bond donors (Lipinski definition) is 1. The number of hydrogen-bond acceptors (Lipinski definition) is 2. The molecule has 3 nitrogen and oxygen atoms in total. The second-order valence-electron chi connectivity index (χ2n) is 3.23. The molecule has 0 radical (unpaired) electrons. The molecule has 0 unspecified atom stereocenters. The highest BCUT2D eigenvalue weighted by Gasteiger charge is 2.09. The van der Waals surface area contributed by atoms with E-state index in [0.29, 0.717) is 0 Å². The summed E-state index contributed by atoms with van der Waals surface area (Å²) in [5.74, 6) is 0.250. The van der Waals surface area contributed by atoms with E-state index in [1.54, 1.807) is 0 Å². The van der Waals surface area contributed by atoms with Gasteiger partial charge in [-0.3, -0.25) is 4.79 Å². The second kappa shape index (κ2) is 4.65. The van der Waals surface area contributed by atoms with E-state index in [-0.39, 0.29) is 0 Å². The average molecular weight is 194 g/mol. The molecule has 1 N–H and O–H groups in total. The molecule has 14 heavy (non-hydrogen) atoms. The maximum absolute atomic E-state index is 9.00. The van der Waals surface area contributed by atoms with Crippen LogP contribution in [0.25, 0.3) is 0 Å². The quantitative estimate of drug-likeness (QED) is 0.687. The third kappa shape index (κ3) is 3.09. The Morgan fingerprint density at radius 2 is 2.14 bits per heavy atom. The summed E-state index contributed by atoms with van der Waals surface area (Å²) in [5.41, 5.74) is 2.63. The Kier molecular flexibility index (Phi) is 3.51. The summed E-state index contributed by atoms with van der Waals surface area (Å²) in [6, 6.07) is 6.38. The molecule has 1 aromatic carbocycles. The Balaban J connectivity index is 0.000000213. The minimum atomic E-state index is -0.833. The number of benzene rings is 1. The third-order valence-electron chi connectivity index (χ3n) is 1.85. The standard InChI is InChI=1S/C9H10O.C2H4O2/c1-7-2-3-8-4-5-10-9(8)6-7;1-2(3)4/h2-3,6H,4-5H2,1H3;1H3,(H,3,4). The fourth-order valence-electron chi connectivity index (χ4n) is 1.27. The largest absolute Gasteiger partial charge is 0.493 e. The second-order valence-corrected chi connectivity index (χ2v) is 3.23. The number of aliphatic carboxylic acids is 1. The van der Waals surface area contributed by atoms with Crippen LogP contribution in [-0.2, 0) is 11.2 Å². The van der Waals surface area contributed by atoms with E-state index in [4.69, 9.17) is 14.6 Å². The fraction of sp³-hybridized carbons (Fsp3) is 0.364. The molecular weight excluding hydrogens is 180 g/mol. The SMILES string of the molecule is CC(=O)O.Cc1ccc2c(c1)OCC2. The number of rotatable bonds is 0. The minimum absolute atomic E-state index is 0.833. The van der Waals surface area contributed by atoms with Gasteiger partial charge in [-0.1, -0.05) is 12.1 Å². The van der Waals surface area contributed by atoms with E-state index in [1.807, 2.05) is 0 Å². The maximum atomic E-state index is 9.00. The van der Waals surface area contributed by atoms with Crippen molar-refractivity contribution >= 4 is 5.97 Å². The molecule has 1 heterocycles. The van der Waals surface area contributed by atoms with Crippen molar-refractivity contribution in [2.75, 3.05) is 6.61 Å². The molecule has 0 aromatic heterocycles. The van der Waals surface area contributed by atoms with Crippen LogP contribution < -0.4 is 4.74 Å². The molecule has 1 aliphatic rings. The monoisotopic (exact) mass is 194 g/mol. The molecule has 1 aromatic rings. The van der Waals surface area contributed by atoms with Crippen molar-refractivity contribution in [2.45, 2.75) is 20.3 Å². The molecule has 76 valence electrons. The van der Waals surface area contributed by atoms with Crippen LogP contribution in [0.2, 0.25) is 0 Å². The summed E-state index contributed by atoms with van der Waals surface area (Å²) < 4.78 is 5.38. The predicted octanol–water partition coefficient (Wildman–Crippen LogP) is 2.02. The van der Waals surface area contributed by atoms with E-state index in [0.717, 1.165) is 25.7 Å². The van der Waals surface area contributed by atoms with Crippen LogP contribution in [0.4, 0.5) is 0 Å². The Labute approximate surface area is 83.3 Å². The van der Waals surface area contributed by atoms with Crippen molar-refractivity contribution in [1.82, 2.24) is 0 Å². The summed E-state index contributed by atoms with van der Waals surface area (Å²) >= 11 is 0. The highest BCUT2D eigenvalue weighted by Crippen LogP contribution is 2.25. The first-order chi connectivity index (χ1) is 6.59. The van der Waals surface area contributed by atoms with Gasteiger partial charge in [0.05, 0.1) is 6.61 Å². The number of fused-ring (bicyclic) bond motifs is 1. The van der Waals surface area contributed by atoms with Gasteiger partial charge >= 0.3 is 0 Å². The number of ether oxygens (including phenoxy) is 1. The van der Waals surface area contributed by atoms with Gasteiger partial charge in [0.25, 0.3) is 5.97 Å². The summed E-state index contributed by atoms with van der Waals surface area (Å²) in [4.78, 5) is 9.00. The Bertz CT molecular complexity index is 327. The average Bonchev–Trinajstić information content (AvgIpc) is 2.49. The molecule has 0 atom stereocenters. The smallest absolute Gasteiger partial charge is 0.300 e. The molecule has 2 rings (SSSR count). The molecule has 0 saturated heterocycles. The highest BCUT2D eigenvalue weighted by molar-refractivity contribution is 5.62. The lowest BCUT2D eigenvalue weighted by atomic mass is 10.1. The Hall–Kier alpha value is -1.51. The molecule has 0 aliphatic carbocycles. The van der Waals surface area contributed by atoms with Gasteiger partial charge in [-0.05, 0) is 24.1 Å². The van der Waals surface area contributed by atoms with Gasteiger partial charge in [0.15, 0.2) is 0 Å². The molecule has 1 aliphatic heterocycles. The number of carboxylic acid groups (broad SMARTS) is 1. The summed E-state index contributed by atoms with van der Waals surface area (Å²) in [5, 5.41) is 7.42. The number of carbonyl (C=O) groups is 1. The Morgan fingerprint density at radius 1 is 1.50 bits per heavy atom. The lowest BCUT2D eigenvalue weighted by Gasteiger charge is -1.97. The fourth-order valence-corrected chi connectivity index (χ4v) is 1.27. The number of aryl methyl sites for hydroxylation is 1. The Morgan fingerprint density at radius 3 is 2.79 bits per heavy atom. The van der Waals surface area contributed by atoms with Gasteiger partial charge < -0.3 is 9.84 Å². The molecule has 3 heteroatoms. The van der Waals surface area contributed by atoms with Gasteiger partial charge in [-0.2, -0.15) is 0 Å². The zero-order valence-corrected chi connectivity index (χ0v) is 8.41. The zero-order chi connectivity index (χ0) is 10.6. The zero-order valence-electron chi connectivity index (χ0n) is 8.41. The van der Waals surface area contributed by atoms with Gasteiger partial charge in [0, 0.05) is 13.3 Å². The summed E-state index contributed by atoms with van der Waals surface area (Å²) in [7, 11) is 0. The van der Waals surface area contributed by atoms with Crippen LogP contribution in [0.1, 0.15) is 18.1 Å².